The molecule has 0 fully saturated rings. The van der Waals surface area contributed by atoms with E-state index in [0.29, 0.717) is 5.75 Å². The first-order valence-corrected chi connectivity index (χ1v) is 8.32. The van der Waals surface area contributed by atoms with E-state index in [1.807, 2.05) is 18.2 Å². The first-order valence-electron chi connectivity index (χ1n) is 8.32. The van der Waals surface area contributed by atoms with E-state index in [1.54, 1.807) is 12.1 Å². The van der Waals surface area contributed by atoms with Crippen LogP contribution in [-0.2, 0) is 13.0 Å². The summed E-state index contributed by atoms with van der Waals surface area (Å²) in [4.78, 5) is 0. The van der Waals surface area contributed by atoms with Crippen LogP contribution in [0.15, 0.2) is 78.9 Å². The summed E-state index contributed by atoms with van der Waals surface area (Å²) in [5.41, 5.74) is 5.06. The van der Waals surface area contributed by atoms with Crippen molar-refractivity contribution in [1.82, 2.24) is 5.32 Å². The molecule has 1 unspecified atom stereocenters. The van der Waals surface area contributed by atoms with Gasteiger partial charge in [0, 0.05) is 12.6 Å². The molecule has 0 radical (unpaired) electrons. The van der Waals surface area contributed by atoms with E-state index in [2.05, 4.69) is 60.8 Å². The number of nitrogens with one attached hydrogen (secondary N) is 1. The Balaban J connectivity index is 1.74. The summed E-state index contributed by atoms with van der Waals surface area (Å²) in [6, 6.07) is 26.9. The van der Waals surface area contributed by atoms with Gasteiger partial charge in [-0.25, -0.2) is 0 Å². The van der Waals surface area contributed by atoms with Crippen LogP contribution in [0.2, 0.25) is 0 Å². The van der Waals surface area contributed by atoms with Crippen LogP contribution in [0, 0.1) is 6.92 Å². The average molecular weight is 317 g/mol. The number of phenols is 1. The Morgan fingerprint density at radius 1 is 0.792 bits per heavy atom. The molecule has 1 atom stereocenters. The lowest BCUT2D eigenvalue weighted by Gasteiger charge is -2.20. The minimum absolute atomic E-state index is 0.253. The largest absolute Gasteiger partial charge is 0.508 e. The number of hydrogen-bond acceptors (Lipinski definition) is 2. The highest BCUT2D eigenvalue weighted by Crippen LogP contribution is 2.20. The van der Waals surface area contributed by atoms with Crippen molar-refractivity contribution in [3.63, 3.8) is 0 Å². The molecule has 3 aromatic rings. The molecule has 0 saturated carbocycles. The van der Waals surface area contributed by atoms with E-state index < -0.39 is 0 Å². The van der Waals surface area contributed by atoms with E-state index in [0.717, 1.165) is 18.5 Å². The van der Waals surface area contributed by atoms with Gasteiger partial charge in [-0.05, 0) is 42.2 Å². The van der Waals surface area contributed by atoms with Gasteiger partial charge in [-0.3, -0.25) is 0 Å². The lowest BCUT2D eigenvalue weighted by Crippen LogP contribution is -2.23. The van der Waals surface area contributed by atoms with E-state index in [4.69, 9.17) is 0 Å². The van der Waals surface area contributed by atoms with Gasteiger partial charge in [0.1, 0.15) is 5.75 Å². The monoisotopic (exact) mass is 317 g/mol. The average Bonchev–Trinajstić information content (AvgIpc) is 2.62. The van der Waals surface area contributed by atoms with Crippen LogP contribution < -0.4 is 5.32 Å². The van der Waals surface area contributed by atoms with Crippen LogP contribution in [-0.4, -0.2) is 5.11 Å². The molecule has 0 aliphatic carbocycles. The molecule has 24 heavy (non-hydrogen) atoms. The van der Waals surface area contributed by atoms with Crippen molar-refractivity contribution < 1.29 is 5.11 Å². The number of rotatable bonds is 6. The topological polar surface area (TPSA) is 32.3 Å². The molecule has 3 aromatic carbocycles. The second-order valence-electron chi connectivity index (χ2n) is 6.20. The lowest BCUT2D eigenvalue weighted by molar-refractivity contribution is 0.474. The Bertz CT molecular complexity index is 748. The zero-order chi connectivity index (χ0) is 16.8. The first kappa shape index (κ1) is 16.3. The fourth-order valence-electron chi connectivity index (χ4n) is 2.81. The molecule has 2 nitrogen and oxygen atoms in total. The molecule has 3 rings (SSSR count). The van der Waals surface area contributed by atoms with Crippen molar-refractivity contribution in [3.8, 4) is 5.75 Å². The zero-order valence-corrected chi connectivity index (χ0v) is 13.9. The second-order valence-corrected chi connectivity index (χ2v) is 6.20. The maximum Gasteiger partial charge on any atom is 0.115 e. The highest BCUT2D eigenvalue weighted by atomic mass is 16.3. The van der Waals surface area contributed by atoms with Gasteiger partial charge >= 0.3 is 0 Å². The Kier molecular flexibility index (Phi) is 5.29. The summed E-state index contributed by atoms with van der Waals surface area (Å²) < 4.78 is 0. The smallest absolute Gasteiger partial charge is 0.115 e. The highest BCUT2D eigenvalue weighted by Gasteiger charge is 2.11. The Morgan fingerprint density at radius 3 is 2.08 bits per heavy atom. The van der Waals surface area contributed by atoms with Gasteiger partial charge in [0.15, 0.2) is 0 Å². The van der Waals surface area contributed by atoms with Crippen molar-refractivity contribution in [1.29, 1.82) is 0 Å². The third kappa shape index (κ3) is 4.46. The maximum atomic E-state index is 9.41. The van der Waals surface area contributed by atoms with Crippen LogP contribution in [0.3, 0.4) is 0 Å². The summed E-state index contributed by atoms with van der Waals surface area (Å²) in [5, 5.41) is 13.1. The van der Waals surface area contributed by atoms with Gasteiger partial charge in [0.25, 0.3) is 0 Å². The number of aryl methyl sites for hydroxylation is 1. The van der Waals surface area contributed by atoms with Crippen molar-refractivity contribution >= 4 is 0 Å². The molecule has 2 N–H and O–H groups in total. The first-order chi connectivity index (χ1) is 11.7. The number of hydrogen-bond donors (Lipinski definition) is 2. The van der Waals surface area contributed by atoms with Crippen molar-refractivity contribution in [2.45, 2.75) is 25.9 Å². The van der Waals surface area contributed by atoms with Crippen molar-refractivity contribution in [2.24, 2.45) is 0 Å². The molecule has 0 spiro atoms. The highest BCUT2D eigenvalue weighted by molar-refractivity contribution is 5.28. The number of phenolic OH excluding ortho intramolecular Hbond substituents is 1. The molecule has 0 saturated heterocycles. The van der Waals surface area contributed by atoms with Crippen molar-refractivity contribution in [3.05, 3.63) is 101 Å². The van der Waals surface area contributed by atoms with Gasteiger partial charge in [0.05, 0.1) is 0 Å². The molecule has 2 heteroatoms. The van der Waals surface area contributed by atoms with Gasteiger partial charge < -0.3 is 10.4 Å². The molecule has 0 amide bonds. The van der Waals surface area contributed by atoms with Crippen LogP contribution in [0.1, 0.15) is 28.3 Å². The maximum absolute atomic E-state index is 9.41. The molecular formula is C22H23NO. The minimum Gasteiger partial charge on any atom is -0.508 e. The summed E-state index contributed by atoms with van der Waals surface area (Å²) in [6.45, 7) is 2.88. The normalized spacial score (nSPS) is 12.0. The minimum atomic E-state index is 0.253. The van der Waals surface area contributed by atoms with Crippen LogP contribution >= 0.6 is 0 Å². The molecular weight excluding hydrogens is 294 g/mol. The molecule has 0 bridgehead atoms. The third-order valence-corrected chi connectivity index (χ3v) is 4.25. The van der Waals surface area contributed by atoms with E-state index in [1.165, 1.54) is 16.7 Å². The second kappa shape index (κ2) is 7.80. The van der Waals surface area contributed by atoms with Gasteiger partial charge in [-0.1, -0.05) is 72.3 Å². The van der Waals surface area contributed by atoms with E-state index in [9.17, 15) is 5.11 Å². The third-order valence-electron chi connectivity index (χ3n) is 4.25. The van der Waals surface area contributed by atoms with E-state index >= 15 is 0 Å². The van der Waals surface area contributed by atoms with Crippen LogP contribution in [0.4, 0.5) is 0 Å². The van der Waals surface area contributed by atoms with E-state index in [-0.39, 0.29) is 6.04 Å². The predicted molar refractivity (Wildman–Crippen MR) is 99.0 cm³/mol. The standard InChI is InChI=1S/C22H23NO/c1-17-7-9-18(10-8-17)15-22(20-5-3-2-4-6-20)23-16-19-11-13-21(24)14-12-19/h2-14,22-24H,15-16H2,1H3. The predicted octanol–water partition coefficient (Wildman–Crippen LogP) is 4.77. The molecule has 122 valence electrons. The molecule has 0 aromatic heterocycles. The number of aromatic hydroxyl groups is 1. The summed E-state index contributed by atoms with van der Waals surface area (Å²) in [5.74, 6) is 0.304. The Morgan fingerprint density at radius 2 is 1.42 bits per heavy atom. The van der Waals surface area contributed by atoms with Crippen molar-refractivity contribution in [2.75, 3.05) is 0 Å². The zero-order valence-electron chi connectivity index (χ0n) is 13.9. The molecule has 0 aliphatic heterocycles. The van der Waals surface area contributed by atoms with Gasteiger partial charge in [-0.2, -0.15) is 0 Å². The fourth-order valence-corrected chi connectivity index (χ4v) is 2.81. The molecule has 0 aliphatic rings. The van der Waals surface area contributed by atoms with Gasteiger partial charge in [-0.15, -0.1) is 0 Å². The number of benzene rings is 3. The summed E-state index contributed by atoms with van der Waals surface area (Å²) >= 11 is 0. The van der Waals surface area contributed by atoms with Crippen LogP contribution in [0.5, 0.6) is 5.75 Å². The quantitative estimate of drug-likeness (QED) is 0.686. The Labute approximate surface area is 143 Å². The SMILES string of the molecule is Cc1ccc(CC(NCc2ccc(O)cc2)c2ccccc2)cc1. The Hall–Kier alpha value is -2.58. The lowest BCUT2D eigenvalue weighted by atomic mass is 9.98. The fraction of sp³-hybridized carbons (Fsp3) is 0.182. The molecule has 0 heterocycles. The van der Waals surface area contributed by atoms with Gasteiger partial charge in [0.2, 0.25) is 0 Å². The van der Waals surface area contributed by atoms with Crippen LogP contribution in [0.25, 0.3) is 0 Å². The summed E-state index contributed by atoms with van der Waals surface area (Å²) in [6.07, 6.45) is 0.947. The summed E-state index contributed by atoms with van der Waals surface area (Å²) in [7, 11) is 0.